The molecule has 1 N–H and O–H groups in total. The number of piperidine rings is 2. The molecule has 3 nitrogen and oxygen atoms in total. The van der Waals surface area contributed by atoms with E-state index in [1.54, 1.807) is 0 Å². The molecule has 0 radical (unpaired) electrons. The molecule has 0 spiro atoms. The molecule has 96 valence electrons. The van der Waals surface area contributed by atoms with Crippen molar-refractivity contribution in [2.45, 2.75) is 50.7 Å². The monoisotopic (exact) mass is 244 g/mol. The van der Waals surface area contributed by atoms with E-state index >= 15 is 0 Å². The van der Waals surface area contributed by atoms with Crippen molar-refractivity contribution in [2.24, 2.45) is 5.16 Å². The molecule has 1 aromatic carbocycles. The second kappa shape index (κ2) is 5.11. The van der Waals surface area contributed by atoms with Gasteiger partial charge in [-0.2, -0.15) is 0 Å². The summed E-state index contributed by atoms with van der Waals surface area (Å²) in [6.07, 6.45) is 5.68. The number of benzene rings is 1. The van der Waals surface area contributed by atoms with E-state index in [2.05, 4.69) is 40.4 Å². The highest BCUT2D eigenvalue weighted by molar-refractivity contribution is 5.85. The van der Waals surface area contributed by atoms with Crippen LogP contribution >= 0.6 is 0 Å². The van der Waals surface area contributed by atoms with Gasteiger partial charge in [0.1, 0.15) is 0 Å². The number of nitrogens with zero attached hydrogens (tertiary/aromatic N) is 2. The van der Waals surface area contributed by atoms with Gasteiger partial charge in [0.05, 0.1) is 5.71 Å². The molecule has 2 aliphatic heterocycles. The highest BCUT2D eigenvalue weighted by atomic mass is 16.4. The zero-order valence-corrected chi connectivity index (χ0v) is 10.6. The molecule has 18 heavy (non-hydrogen) atoms. The summed E-state index contributed by atoms with van der Waals surface area (Å²) in [5, 5.41) is 12.5. The van der Waals surface area contributed by atoms with Gasteiger partial charge < -0.3 is 5.21 Å². The Morgan fingerprint density at radius 2 is 1.78 bits per heavy atom. The Morgan fingerprint density at radius 1 is 1.11 bits per heavy atom. The van der Waals surface area contributed by atoms with Crippen molar-refractivity contribution in [2.75, 3.05) is 0 Å². The molecule has 2 atom stereocenters. The van der Waals surface area contributed by atoms with Crippen LogP contribution < -0.4 is 0 Å². The maximum atomic E-state index is 8.99. The highest BCUT2D eigenvalue weighted by Crippen LogP contribution is 2.33. The standard InChI is InChI=1S/C15H20N2O/c18-16-13-9-14-7-4-8-15(10-13)17(14)11-12-5-2-1-3-6-12/h1-3,5-6,14-15,18H,4,7-11H2/b16-13-/t14-,15+/m0/s1. The summed E-state index contributed by atoms with van der Waals surface area (Å²) in [7, 11) is 0. The summed E-state index contributed by atoms with van der Waals surface area (Å²) in [6, 6.07) is 11.8. The number of oxime groups is 1. The van der Waals surface area contributed by atoms with E-state index in [1.165, 1.54) is 24.8 Å². The third kappa shape index (κ3) is 2.27. The molecule has 2 fully saturated rings. The van der Waals surface area contributed by atoms with Crippen LogP contribution in [-0.4, -0.2) is 27.9 Å². The molecule has 0 aromatic heterocycles. The molecule has 2 heterocycles. The summed E-state index contributed by atoms with van der Waals surface area (Å²) >= 11 is 0. The zero-order valence-electron chi connectivity index (χ0n) is 10.6. The Balaban J connectivity index is 1.76. The van der Waals surface area contributed by atoms with Gasteiger partial charge in [-0.3, -0.25) is 4.90 Å². The fraction of sp³-hybridized carbons (Fsp3) is 0.533. The molecule has 0 amide bonds. The van der Waals surface area contributed by atoms with Gasteiger partial charge in [-0.25, -0.2) is 0 Å². The van der Waals surface area contributed by atoms with Crippen LogP contribution in [0, 0.1) is 0 Å². The SMILES string of the molecule is O/N=C1\C[C@H]2CCC[C@@H](C1)N2Cc1ccccc1. The number of fused-ring (bicyclic) bond motifs is 2. The van der Waals surface area contributed by atoms with Crippen LogP contribution in [-0.2, 0) is 6.54 Å². The molecule has 2 bridgehead atoms. The Labute approximate surface area is 108 Å². The first kappa shape index (κ1) is 11.7. The molecule has 2 saturated heterocycles. The molecule has 3 heteroatoms. The van der Waals surface area contributed by atoms with Crippen molar-refractivity contribution < 1.29 is 5.21 Å². The Bertz CT molecular complexity index is 413. The molecule has 3 rings (SSSR count). The second-order valence-electron chi connectivity index (χ2n) is 5.47. The second-order valence-corrected chi connectivity index (χ2v) is 5.47. The first-order valence-electron chi connectivity index (χ1n) is 6.86. The van der Waals surface area contributed by atoms with E-state index in [0.29, 0.717) is 12.1 Å². The van der Waals surface area contributed by atoms with Gasteiger partial charge in [-0.15, -0.1) is 0 Å². The lowest BCUT2D eigenvalue weighted by molar-refractivity contribution is 0.0668. The van der Waals surface area contributed by atoms with Gasteiger partial charge in [0.15, 0.2) is 0 Å². The minimum Gasteiger partial charge on any atom is -0.411 e. The fourth-order valence-corrected chi connectivity index (χ4v) is 3.42. The lowest BCUT2D eigenvalue weighted by Crippen LogP contribution is -2.51. The minimum atomic E-state index is 0.573. The highest BCUT2D eigenvalue weighted by Gasteiger charge is 2.36. The van der Waals surface area contributed by atoms with E-state index in [9.17, 15) is 0 Å². The topological polar surface area (TPSA) is 35.8 Å². The van der Waals surface area contributed by atoms with Crippen LogP contribution in [0.4, 0.5) is 0 Å². The Kier molecular flexibility index (Phi) is 3.33. The molecule has 2 aliphatic rings. The molecule has 0 unspecified atom stereocenters. The quantitative estimate of drug-likeness (QED) is 0.641. The van der Waals surface area contributed by atoms with Crippen LogP contribution in [0.3, 0.4) is 0 Å². The fourth-order valence-electron chi connectivity index (χ4n) is 3.42. The number of hydrogen-bond donors (Lipinski definition) is 1. The summed E-state index contributed by atoms with van der Waals surface area (Å²) in [5.41, 5.74) is 2.38. The van der Waals surface area contributed by atoms with E-state index < -0.39 is 0 Å². The maximum Gasteiger partial charge on any atom is 0.0601 e. The van der Waals surface area contributed by atoms with E-state index in [1.807, 2.05) is 0 Å². The molecule has 0 aliphatic carbocycles. The van der Waals surface area contributed by atoms with Crippen molar-refractivity contribution >= 4 is 5.71 Å². The smallest absolute Gasteiger partial charge is 0.0601 e. The average Bonchev–Trinajstić information content (AvgIpc) is 2.39. The van der Waals surface area contributed by atoms with E-state index in [0.717, 1.165) is 25.1 Å². The van der Waals surface area contributed by atoms with Crippen molar-refractivity contribution in [1.29, 1.82) is 0 Å². The van der Waals surface area contributed by atoms with Gasteiger partial charge in [-0.05, 0) is 18.4 Å². The van der Waals surface area contributed by atoms with Gasteiger partial charge in [0, 0.05) is 31.5 Å². The van der Waals surface area contributed by atoms with Gasteiger partial charge in [-0.1, -0.05) is 41.9 Å². The normalized spacial score (nSPS) is 30.6. The maximum absolute atomic E-state index is 8.99. The largest absolute Gasteiger partial charge is 0.411 e. The van der Waals surface area contributed by atoms with Crippen LogP contribution in [0.1, 0.15) is 37.7 Å². The van der Waals surface area contributed by atoms with E-state index in [-0.39, 0.29) is 0 Å². The predicted molar refractivity (Wildman–Crippen MR) is 71.9 cm³/mol. The van der Waals surface area contributed by atoms with Crippen LogP contribution in [0.5, 0.6) is 0 Å². The molecule has 0 saturated carbocycles. The van der Waals surface area contributed by atoms with Gasteiger partial charge >= 0.3 is 0 Å². The lowest BCUT2D eigenvalue weighted by Gasteiger charge is -2.46. The number of hydrogen-bond acceptors (Lipinski definition) is 3. The summed E-state index contributed by atoms with van der Waals surface area (Å²) in [6.45, 7) is 1.04. The Hall–Kier alpha value is -1.35. The summed E-state index contributed by atoms with van der Waals surface area (Å²) in [4.78, 5) is 2.62. The first-order valence-corrected chi connectivity index (χ1v) is 6.86. The van der Waals surface area contributed by atoms with Crippen LogP contribution in [0.2, 0.25) is 0 Å². The number of rotatable bonds is 2. The first-order chi connectivity index (χ1) is 8.86. The zero-order chi connectivity index (χ0) is 12.4. The van der Waals surface area contributed by atoms with Crippen molar-refractivity contribution in [1.82, 2.24) is 4.90 Å². The van der Waals surface area contributed by atoms with Gasteiger partial charge in [0.25, 0.3) is 0 Å². The Morgan fingerprint density at radius 3 is 2.39 bits per heavy atom. The summed E-state index contributed by atoms with van der Waals surface area (Å²) < 4.78 is 0. The lowest BCUT2D eigenvalue weighted by atomic mass is 9.83. The third-order valence-electron chi connectivity index (χ3n) is 4.30. The van der Waals surface area contributed by atoms with E-state index in [4.69, 9.17) is 5.21 Å². The predicted octanol–water partition coefficient (Wildman–Crippen LogP) is 3.03. The molecular formula is C15H20N2O. The average molecular weight is 244 g/mol. The van der Waals surface area contributed by atoms with Gasteiger partial charge in [0.2, 0.25) is 0 Å². The van der Waals surface area contributed by atoms with Crippen LogP contribution in [0.15, 0.2) is 35.5 Å². The molecule has 1 aromatic rings. The van der Waals surface area contributed by atoms with Crippen molar-refractivity contribution in [3.63, 3.8) is 0 Å². The van der Waals surface area contributed by atoms with Crippen LogP contribution in [0.25, 0.3) is 0 Å². The molecular weight excluding hydrogens is 224 g/mol. The summed E-state index contributed by atoms with van der Waals surface area (Å²) in [5.74, 6) is 0. The van der Waals surface area contributed by atoms with Crippen molar-refractivity contribution in [3.05, 3.63) is 35.9 Å². The minimum absolute atomic E-state index is 0.573. The third-order valence-corrected chi connectivity index (χ3v) is 4.30. The van der Waals surface area contributed by atoms with Crippen molar-refractivity contribution in [3.8, 4) is 0 Å².